The normalized spacial score (nSPS) is 16.4. The summed E-state index contributed by atoms with van der Waals surface area (Å²) in [5.41, 5.74) is -10.1. The molecule has 118 heavy (non-hydrogen) atoms. The average molecular weight is 1730 g/mol. The molecule has 0 unspecified atom stereocenters. The maximum atomic E-state index is 14.0. The van der Waals surface area contributed by atoms with Crippen LogP contribution in [-0.4, -0.2) is 127 Å². The zero-order valence-electron chi connectivity index (χ0n) is 62.4. The molecular formula is C72H63F21O25. The van der Waals surface area contributed by atoms with Crippen molar-refractivity contribution < 1.29 is 211 Å². The highest BCUT2D eigenvalue weighted by Crippen LogP contribution is 2.41. The summed E-state index contributed by atoms with van der Waals surface area (Å²) >= 11 is 0. The van der Waals surface area contributed by atoms with Gasteiger partial charge in [0.15, 0.2) is 69.8 Å². The van der Waals surface area contributed by atoms with Crippen molar-refractivity contribution in [3.05, 3.63) is 144 Å². The topological polar surface area (TPSA) is 309 Å². The van der Waals surface area contributed by atoms with Crippen LogP contribution in [0.4, 0.5) is 116 Å². The molecule has 0 atom stereocenters. The Bertz CT molecular complexity index is 4580. The summed E-state index contributed by atoms with van der Waals surface area (Å²) in [6.07, 6.45) is -3.25. The van der Waals surface area contributed by atoms with Crippen molar-refractivity contribution in [2.24, 2.45) is 27.1 Å². The second-order valence-corrected chi connectivity index (χ2v) is 26.8. The van der Waals surface area contributed by atoms with Gasteiger partial charge in [0.05, 0.1) is 0 Å². The van der Waals surface area contributed by atoms with E-state index in [0.717, 1.165) is 27.7 Å². The Hall–Kier alpha value is -11.7. The van der Waals surface area contributed by atoms with Crippen LogP contribution in [-0.2, 0) is 71.3 Å². The Labute approximate surface area is 650 Å². The molecule has 0 N–H and O–H groups in total. The monoisotopic (exact) mass is 1730 g/mol. The van der Waals surface area contributed by atoms with Gasteiger partial charge < -0.3 is 71.1 Å². The van der Waals surface area contributed by atoms with Crippen LogP contribution < -0.4 is 23.7 Å². The summed E-state index contributed by atoms with van der Waals surface area (Å²) in [6, 6.07) is 0. The smallest absolute Gasteiger partial charge is 0.434 e. The van der Waals surface area contributed by atoms with Gasteiger partial charge in [-0.1, -0.05) is 47.0 Å². The Morgan fingerprint density at radius 1 is 0.280 bits per heavy atom. The van der Waals surface area contributed by atoms with Gasteiger partial charge in [0.1, 0.15) is 87.7 Å². The number of hydrogen-bond acceptors (Lipinski definition) is 25. The minimum atomic E-state index is -2.35. The molecule has 0 bridgehead atoms. The fourth-order valence-electron chi connectivity index (χ4n) is 10.3. The lowest BCUT2D eigenvalue weighted by Gasteiger charge is -2.33. The molecule has 25 nitrogen and oxygen atoms in total. The molecule has 10 rings (SSSR count). The third-order valence-corrected chi connectivity index (χ3v) is 18.0. The molecule has 5 aromatic rings. The first kappa shape index (κ1) is 95.2. The van der Waals surface area contributed by atoms with E-state index in [2.05, 4.69) is 56.8 Å². The number of cyclic esters (lactones) is 10. The quantitative estimate of drug-likeness (QED) is 0.0196. The number of benzene rings is 5. The van der Waals surface area contributed by atoms with Gasteiger partial charge in [0.25, 0.3) is 0 Å². The number of rotatable bonds is 18. The predicted octanol–water partition coefficient (Wildman–Crippen LogP) is 16.1. The van der Waals surface area contributed by atoms with Crippen LogP contribution in [0.1, 0.15) is 108 Å². The van der Waals surface area contributed by atoms with E-state index in [0.29, 0.717) is 19.3 Å². The maximum absolute atomic E-state index is 14.0. The Kier molecular flexibility index (Phi) is 31.5. The number of ether oxygens (including phenoxy) is 15. The van der Waals surface area contributed by atoms with E-state index in [1.807, 2.05) is 6.92 Å². The van der Waals surface area contributed by atoms with E-state index < -0.39 is 320 Å². The third-order valence-electron chi connectivity index (χ3n) is 18.0. The van der Waals surface area contributed by atoms with Crippen molar-refractivity contribution in [3.63, 3.8) is 0 Å². The first-order valence-electron chi connectivity index (χ1n) is 33.9. The SMILES string of the molecule is CC1(CCC(=O)Oc2c(F)c(F)c(F)c(F)c2F)COC(=O)OC1.CCC1(C(=O)Oc2c(F)c(C)c(F)c(F)c2F)COC(=O)OC1.CCCC1(C(=O)Oc2c(F)c(C)c(F)c(F)c2F)COC(=O)OC1.CCCCC1(C(=O)Oc2c(F)c(C)c(F)c(F)c2F)COC(=O)OC1.Cc1c(F)c(F)c(F)c(OC(=O)C2(C)COC(=O)OC2)c1F. The standard InChI is InChI=1S/C16H16F4O5.C15H14F4O5.C14H11F5O5.C14H12F4O5.C13H10F4O5/c1-3-4-5-16(6-23-15(22)24-7-16)14(21)25-13-10(18)8(2)9(17)11(19)12(13)20;1-3-4-15(5-22-14(21)23-6-15)13(20)24-12-9(17)7(2)8(16)10(18)11(12)19;1-14(4-22-13(21)23-5-14)3-2-6(20)24-12-10(18)8(16)7(15)9(17)11(12)19;1-3-14(4-21-13(20)22-5-14)12(19)23-11-8(16)6(2)7(15)9(17)10(11)18;1-5-6(14)8(16)9(17)10(7(5)15)22-11(18)13(2)3-20-12(19)21-4-13/h3-7H2,1-2H3;3-6H2,1-2H3;2-5H2,1H3;3-5H2,1-2H3;3-4H2,1-2H3. The second kappa shape index (κ2) is 39.1. The Balaban J connectivity index is 0.000000229. The van der Waals surface area contributed by atoms with Crippen molar-refractivity contribution in [1.29, 1.82) is 0 Å². The number of unbranched alkanes of at least 4 members (excludes halogenated alkanes) is 1. The largest absolute Gasteiger partial charge is 0.508 e. The fourth-order valence-corrected chi connectivity index (χ4v) is 10.3. The number of hydrogen-bond donors (Lipinski definition) is 0. The Morgan fingerprint density at radius 3 is 0.805 bits per heavy atom. The molecule has 0 aromatic heterocycles. The molecule has 5 fully saturated rings. The van der Waals surface area contributed by atoms with Crippen LogP contribution >= 0.6 is 0 Å². The zero-order chi connectivity index (χ0) is 88.9. The number of esters is 5. The molecule has 46 heteroatoms. The summed E-state index contributed by atoms with van der Waals surface area (Å²) in [5, 5.41) is 0. The molecule has 0 spiro atoms. The van der Waals surface area contributed by atoms with E-state index in [9.17, 15) is 140 Å². The summed E-state index contributed by atoms with van der Waals surface area (Å²) in [6.45, 7) is 7.95. The lowest BCUT2D eigenvalue weighted by atomic mass is 9.84. The molecule has 0 radical (unpaired) electrons. The number of carbonyl (C=O) groups excluding carboxylic acids is 10. The van der Waals surface area contributed by atoms with Gasteiger partial charge in [-0.2, -0.15) is 26.3 Å². The van der Waals surface area contributed by atoms with Crippen LogP contribution in [0.2, 0.25) is 0 Å². The van der Waals surface area contributed by atoms with Crippen molar-refractivity contribution in [2.75, 3.05) is 66.1 Å². The average Bonchev–Trinajstić information content (AvgIpc) is 0.845. The molecular weight excluding hydrogens is 1660 g/mol. The molecule has 5 aromatic carbocycles. The third kappa shape index (κ3) is 21.0. The van der Waals surface area contributed by atoms with Gasteiger partial charge in [-0.3, -0.25) is 24.0 Å². The van der Waals surface area contributed by atoms with Gasteiger partial charge >= 0.3 is 60.6 Å². The molecule has 5 aliphatic heterocycles. The highest BCUT2D eigenvalue weighted by Gasteiger charge is 2.51. The molecule has 5 aliphatic rings. The molecule has 0 aliphatic carbocycles. The predicted molar refractivity (Wildman–Crippen MR) is 342 cm³/mol. The minimum absolute atomic E-state index is 0.0362. The minimum Gasteiger partial charge on any atom is -0.434 e. The maximum Gasteiger partial charge on any atom is 0.508 e. The van der Waals surface area contributed by atoms with Crippen molar-refractivity contribution in [3.8, 4) is 28.7 Å². The van der Waals surface area contributed by atoms with E-state index in [4.69, 9.17) is 14.2 Å². The van der Waals surface area contributed by atoms with Crippen LogP contribution in [0.25, 0.3) is 0 Å². The second-order valence-electron chi connectivity index (χ2n) is 26.8. The molecule has 5 saturated heterocycles. The lowest BCUT2D eigenvalue weighted by Crippen LogP contribution is -2.47. The number of halogens is 21. The van der Waals surface area contributed by atoms with Gasteiger partial charge in [0, 0.05) is 34.1 Å². The van der Waals surface area contributed by atoms with Gasteiger partial charge in [-0.15, -0.1) is 0 Å². The summed E-state index contributed by atoms with van der Waals surface area (Å²) in [7, 11) is 0. The van der Waals surface area contributed by atoms with Crippen LogP contribution in [0, 0.1) is 177 Å². The molecule has 0 amide bonds. The van der Waals surface area contributed by atoms with E-state index in [1.54, 1.807) is 13.8 Å². The number of carbonyl (C=O) groups is 10. The van der Waals surface area contributed by atoms with Gasteiger partial charge in [-0.25, -0.2) is 89.8 Å². The molecule has 648 valence electrons. The van der Waals surface area contributed by atoms with Gasteiger partial charge in [0.2, 0.25) is 81.1 Å². The fraction of sp³-hybridized carbons (Fsp3) is 0.444. The van der Waals surface area contributed by atoms with E-state index in [1.165, 1.54) is 13.8 Å². The van der Waals surface area contributed by atoms with Crippen molar-refractivity contribution in [1.82, 2.24) is 0 Å². The summed E-state index contributed by atoms with van der Waals surface area (Å²) in [4.78, 5) is 115. The van der Waals surface area contributed by atoms with Crippen LogP contribution in [0.3, 0.4) is 0 Å². The van der Waals surface area contributed by atoms with E-state index >= 15 is 0 Å². The molecule has 5 heterocycles. The first-order valence-corrected chi connectivity index (χ1v) is 33.9. The highest BCUT2D eigenvalue weighted by atomic mass is 19.2. The van der Waals surface area contributed by atoms with Crippen molar-refractivity contribution in [2.45, 2.75) is 114 Å². The Morgan fingerprint density at radius 2 is 0.517 bits per heavy atom. The summed E-state index contributed by atoms with van der Waals surface area (Å²) < 4.78 is 352. The lowest BCUT2D eigenvalue weighted by molar-refractivity contribution is -0.160. The van der Waals surface area contributed by atoms with Crippen LogP contribution in [0.5, 0.6) is 28.7 Å². The molecule has 0 saturated carbocycles. The zero-order valence-corrected chi connectivity index (χ0v) is 62.4. The van der Waals surface area contributed by atoms with Gasteiger partial charge in [-0.05, 0) is 60.3 Å². The summed E-state index contributed by atoms with van der Waals surface area (Å²) in [5.74, 6) is -52.8. The highest BCUT2D eigenvalue weighted by molar-refractivity contribution is 5.83. The van der Waals surface area contributed by atoms with E-state index in [-0.39, 0.29) is 38.9 Å². The van der Waals surface area contributed by atoms with Crippen molar-refractivity contribution >= 4 is 60.6 Å². The van der Waals surface area contributed by atoms with Crippen LogP contribution in [0.15, 0.2) is 0 Å². The first-order chi connectivity index (χ1) is 55.0.